The molecule has 0 aliphatic heterocycles. The Morgan fingerprint density at radius 2 is 2.21 bits per heavy atom. The standard InChI is InChI=1S/C10H9NO.C2H6/c1-3-10(2)5-4-9(12)8(6-10)7-11;1-2/h1,4-5,8H,6H2,2H3;1-2H3. The van der Waals surface area contributed by atoms with Crippen LogP contribution in [0.5, 0.6) is 0 Å². The Labute approximate surface area is 85.6 Å². The van der Waals surface area contributed by atoms with Crippen LogP contribution in [0, 0.1) is 35.0 Å². The summed E-state index contributed by atoms with van der Waals surface area (Å²) < 4.78 is 0. The first-order valence-corrected chi connectivity index (χ1v) is 4.72. The monoisotopic (exact) mass is 189 g/mol. The van der Waals surface area contributed by atoms with Crippen molar-refractivity contribution in [3.63, 3.8) is 0 Å². The maximum Gasteiger partial charge on any atom is 0.172 e. The minimum atomic E-state index is -0.559. The van der Waals surface area contributed by atoms with Crippen LogP contribution in [0.4, 0.5) is 0 Å². The van der Waals surface area contributed by atoms with E-state index < -0.39 is 11.3 Å². The lowest BCUT2D eigenvalue weighted by Crippen LogP contribution is -2.25. The molecule has 0 amide bonds. The Morgan fingerprint density at radius 1 is 1.64 bits per heavy atom. The predicted octanol–water partition coefficient (Wildman–Crippen LogP) is 2.32. The molecule has 2 heteroatoms. The predicted molar refractivity (Wildman–Crippen MR) is 56.2 cm³/mol. The largest absolute Gasteiger partial charge is 0.293 e. The van der Waals surface area contributed by atoms with Crippen LogP contribution >= 0.6 is 0 Å². The number of terminal acetylenes is 1. The van der Waals surface area contributed by atoms with Crippen molar-refractivity contribution in [3.8, 4) is 18.4 Å². The molecule has 0 aromatic carbocycles. The third kappa shape index (κ3) is 2.75. The lowest BCUT2D eigenvalue weighted by Gasteiger charge is -2.24. The molecule has 2 atom stereocenters. The van der Waals surface area contributed by atoms with Crippen molar-refractivity contribution in [1.29, 1.82) is 5.26 Å². The SMILES string of the molecule is C#CC1(C)C=CC(=O)C(C#N)C1.CC. The molecule has 0 fully saturated rings. The fourth-order valence-corrected chi connectivity index (χ4v) is 1.19. The Hall–Kier alpha value is -1.54. The second kappa shape index (κ2) is 5.25. The van der Waals surface area contributed by atoms with Gasteiger partial charge in [-0.15, -0.1) is 6.42 Å². The Kier molecular flexibility index (Phi) is 4.67. The highest BCUT2D eigenvalue weighted by Gasteiger charge is 2.31. The highest BCUT2D eigenvalue weighted by molar-refractivity contribution is 5.94. The molecule has 0 aromatic rings. The van der Waals surface area contributed by atoms with Crippen LogP contribution in [0.3, 0.4) is 0 Å². The zero-order valence-corrected chi connectivity index (χ0v) is 8.87. The summed E-state index contributed by atoms with van der Waals surface area (Å²) in [5.74, 6) is 1.88. The number of hydrogen-bond acceptors (Lipinski definition) is 2. The fraction of sp³-hybridized carbons (Fsp3) is 0.500. The molecule has 1 aliphatic rings. The average molecular weight is 189 g/mol. The summed E-state index contributed by atoms with van der Waals surface area (Å²) in [5, 5.41) is 8.62. The molecule has 14 heavy (non-hydrogen) atoms. The van der Waals surface area contributed by atoms with Gasteiger partial charge in [-0.25, -0.2) is 0 Å². The number of rotatable bonds is 0. The van der Waals surface area contributed by atoms with Gasteiger partial charge >= 0.3 is 0 Å². The lowest BCUT2D eigenvalue weighted by atomic mass is 9.76. The fourth-order valence-electron chi connectivity index (χ4n) is 1.19. The molecule has 0 saturated heterocycles. The first-order valence-electron chi connectivity index (χ1n) is 4.72. The molecule has 74 valence electrons. The molecule has 0 heterocycles. The van der Waals surface area contributed by atoms with Gasteiger partial charge in [0, 0.05) is 5.41 Å². The Balaban J connectivity index is 0.000000791. The van der Waals surface area contributed by atoms with Crippen LogP contribution in [0.1, 0.15) is 27.2 Å². The normalized spacial score (nSPS) is 29.5. The van der Waals surface area contributed by atoms with Gasteiger partial charge in [-0.3, -0.25) is 4.79 Å². The second-order valence-corrected chi connectivity index (χ2v) is 3.18. The van der Waals surface area contributed by atoms with E-state index in [4.69, 9.17) is 11.7 Å². The van der Waals surface area contributed by atoms with Gasteiger partial charge in [-0.05, 0) is 19.4 Å². The van der Waals surface area contributed by atoms with Gasteiger partial charge in [0.2, 0.25) is 0 Å². The number of carbonyl (C=O) groups excluding carboxylic acids is 1. The van der Waals surface area contributed by atoms with E-state index in [-0.39, 0.29) is 5.78 Å². The molecule has 0 N–H and O–H groups in total. The molecular weight excluding hydrogens is 174 g/mol. The molecule has 0 saturated carbocycles. The number of allylic oxidation sites excluding steroid dienone is 2. The zero-order valence-electron chi connectivity index (χ0n) is 8.87. The molecule has 1 aliphatic carbocycles. The van der Waals surface area contributed by atoms with Crippen molar-refractivity contribution >= 4 is 5.78 Å². The zero-order chi connectivity index (χ0) is 11.2. The van der Waals surface area contributed by atoms with Gasteiger partial charge in [0.1, 0.15) is 5.92 Å². The quantitative estimate of drug-likeness (QED) is 0.549. The average Bonchev–Trinajstić information content (AvgIpc) is 2.25. The highest BCUT2D eigenvalue weighted by Crippen LogP contribution is 2.31. The topological polar surface area (TPSA) is 40.9 Å². The number of ketones is 1. The van der Waals surface area contributed by atoms with E-state index in [1.165, 1.54) is 6.08 Å². The van der Waals surface area contributed by atoms with Crippen LogP contribution in [0.15, 0.2) is 12.2 Å². The number of hydrogen-bond donors (Lipinski definition) is 0. The van der Waals surface area contributed by atoms with Gasteiger partial charge in [-0.1, -0.05) is 25.8 Å². The van der Waals surface area contributed by atoms with Crippen molar-refractivity contribution in [2.75, 3.05) is 0 Å². The molecule has 0 bridgehead atoms. The molecule has 0 spiro atoms. The van der Waals surface area contributed by atoms with Gasteiger partial charge in [0.25, 0.3) is 0 Å². The van der Waals surface area contributed by atoms with Crippen LogP contribution in [0.25, 0.3) is 0 Å². The lowest BCUT2D eigenvalue weighted by molar-refractivity contribution is -0.117. The minimum Gasteiger partial charge on any atom is -0.293 e. The van der Waals surface area contributed by atoms with Crippen molar-refractivity contribution in [2.45, 2.75) is 27.2 Å². The van der Waals surface area contributed by atoms with E-state index >= 15 is 0 Å². The van der Waals surface area contributed by atoms with E-state index in [2.05, 4.69) is 5.92 Å². The van der Waals surface area contributed by atoms with Crippen molar-refractivity contribution in [2.24, 2.45) is 11.3 Å². The number of carbonyl (C=O) groups is 1. The Morgan fingerprint density at radius 3 is 2.64 bits per heavy atom. The smallest absolute Gasteiger partial charge is 0.172 e. The van der Waals surface area contributed by atoms with E-state index in [0.29, 0.717) is 6.42 Å². The first kappa shape index (κ1) is 12.5. The molecule has 2 unspecified atom stereocenters. The third-order valence-electron chi connectivity index (χ3n) is 2.07. The summed E-state index contributed by atoms with van der Waals surface area (Å²) in [6, 6.07) is 1.95. The summed E-state index contributed by atoms with van der Waals surface area (Å²) >= 11 is 0. The first-order chi connectivity index (χ1) is 6.61. The van der Waals surface area contributed by atoms with Crippen molar-refractivity contribution in [1.82, 2.24) is 0 Å². The maximum atomic E-state index is 11.1. The molecular formula is C12H15NO. The molecule has 1 rings (SSSR count). The summed E-state index contributed by atoms with van der Waals surface area (Å²) in [4.78, 5) is 11.1. The van der Waals surface area contributed by atoms with E-state index in [1.807, 2.05) is 26.8 Å². The number of nitrogens with zero attached hydrogens (tertiary/aromatic N) is 1. The van der Waals surface area contributed by atoms with Gasteiger partial charge < -0.3 is 0 Å². The van der Waals surface area contributed by atoms with Crippen LogP contribution in [-0.4, -0.2) is 5.78 Å². The minimum absolute atomic E-state index is 0.134. The van der Waals surface area contributed by atoms with E-state index in [0.717, 1.165) is 0 Å². The van der Waals surface area contributed by atoms with Gasteiger partial charge in [0.05, 0.1) is 6.07 Å². The van der Waals surface area contributed by atoms with Crippen LogP contribution in [-0.2, 0) is 4.79 Å². The molecule has 0 aromatic heterocycles. The van der Waals surface area contributed by atoms with Gasteiger partial charge in [0.15, 0.2) is 5.78 Å². The summed E-state index contributed by atoms with van der Waals surface area (Å²) in [5.41, 5.74) is -0.422. The van der Waals surface area contributed by atoms with E-state index in [1.54, 1.807) is 6.08 Å². The highest BCUT2D eigenvalue weighted by atomic mass is 16.1. The summed E-state index contributed by atoms with van der Waals surface area (Å²) in [7, 11) is 0. The van der Waals surface area contributed by atoms with Crippen LogP contribution in [0.2, 0.25) is 0 Å². The Bertz CT molecular complexity index is 316. The van der Waals surface area contributed by atoms with Crippen LogP contribution < -0.4 is 0 Å². The maximum absolute atomic E-state index is 11.1. The molecule has 0 radical (unpaired) electrons. The molecule has 2 nitrogen and oxygen atoms in total. The summed E-state index contributed by atoms with van der Waals surface area (Å²) in [6.07, 6.45) is 8.83. The second-order valence-electron chi connectivity index (χ2n) is 3.18. The number of nitriles is 1. The van der Waals surface area contributed by atoms with Crippen molar-refractivity contribution < 1.29 is 4.79 Å². The van der Waals surface area contributed by atoms with Gasteiger partial charge in [-0.2, -0.15) is 5.26 Å². The summed E-state index contributed by atoms with van der Waals surface area (Å²) in [6.45, 7) is 5.85. The third-order valence-corrected chi connectivity index (χ3v) is 2.07. The van der Waals surface area contributed by atoms with E-state index in [9.17, 15) is 4.79 Å². The van der Waals surface area contributed by atoms with Crippen molar-refractivity contribution in [3.05, 3.63) is 12.2 Å².